The maximum Gasteiger partial charge on any atom is 0.265 e. The number of fused-ring (bicyclic) bond motifs is 2. The van der Waals surface area contributed by atoms with Gasteiger partial charge in [-0.1, -0.05) is 12.1 Å². The number of carbonyl (C=O) groups is 2. The zero-order valence-corrected chi connectivity index (χ0v) is 14.4. The number of phenolic OH excluding ortho intramolecular Hbond substituents is 1. The van der Waals surface area contributed by atoms with Gasteiger partial charge in [-0.3, -0.25) is 19.5 Å². The lowest BCUT2D eigenvalue weighted by molar-refractivity contribution is -0.128. The second kappa shape index (κ2) is 6.35. The van der Waals surface area contributed by atoms with Crippen molar-refractivity contribution in [3.05, 3.63) is 65.1 Å². The predicted molar refractivity (Wildman–Crippen MR) is 94.9 cm³/mol. The Morgan fingerprint density at radius 3 is 2.67 bits per heavy atom. The SMILES string of the molecule is COc1c2c(c(O)c3ncccc13)C(=O)N(Cc1ccc(F)cc1)C(=O)C2. The second-order valence-electron chi connectivity index (χ2n) is 6.22. The monoisotopic (exact) mass is 366 g/mol. The molecule has 0 spiro atoms. The van der Waals surface area contributed by atoms with Crippen molar-refractivity contribution in [2.45, 2.75) is 13.0 Å². The van der Waals surface area contributed by atoms with Crippen molar-refractivity contribution in [1.82, 2.24) is 9.88 Å². The van der Waals surface area contributed by atoms with Crippen molar-refractivity contribution in [3.8, 4) is 11.5 Å². The number of benzene rings is 2. The van der Waals surface area contributed by atoms with Crippen LogP contribution in [0.25, 0.3) is 10.9 Å². The number of phenols is 1. The molecule has 4 rings (SSSR count). The lowest BCUT2D eigenvalue weighted by atomic mass is 9.93. The molecule has 0 saturated carbocycles. The van der Waals surface area contributed by atoms with E-state index in [9.17, 15) is 19.1 Å². The van der Waals surface area contributed by atoms with Gasteiger partial charge in [0.2, 0.25) is 5.91 Å². The molecule has 2 heterocycles. The van der Waals surface area contributed by atoms with Crippen LogP contribution in [-0.4, -0.2) is 33.9 Å². The summed E-state index contributed by atoms with van der Waals surface area (Å²) in [7, 11) is 1.44. The van der Waals surface area contributed by atoms with Crippen LogP contribution < -0.4 is 4.74 Å². The van der Waals surface area contributed by atoms with Crippen LogP contribution in [0.4, 0.5) is 4.39 Å². The van der Waals surface area contributed by atoms with Gasteiger partial charge in [0, 0.05) is 17.1 Å². The molecular formula is C20H15FN2O4. The third kappa shape index (κ3) is 2.68. The zero-order valence-electron chi connectivity index (χ0n) is 14.4. The number of pyridine rings is 1. The number of ether oxygens (including phenoxy) is 1. The fourth-order valence-electron chi connectivity index (χ4n) is 3.37. The zero-order chi connectivity index (χ0) is 19.1. The van der Waals surface area contributed by atoms with E-state index in [1.165, 1.54) is 37.6 Å². The van der Waals surface area contributed by atoms with Crippen LogP contribution in [0.15, 0.2) is 42.6 Å². The number of rotatable bonds is 3. The molecule has 3 aromatic rings. The van der Waals surface area contributed by atoms with Gasteiger partial charge in [0.05, 0.1) is 25.6 Å². The van der Waals surface area contributed by atoms with Gasteiger partial charge >= 0.3 is 0 Å². The van der Waals surface area contributed by atoms with E-state index in [1.54, 1.807) is 12.1 Å². The summed E-state index contributed by atoms with van der Waals surface area (Å²) in [4.78, 5) is 30.8. The highest BCUT2D eigenvalue weighted by atomic mass is 19.1. The molecule has 2 amide bonds. The van der Waals surface area contributed by atoms with Crippen LogP contribution in [0.1, 0.15) is 21.5 Å². The third-order valence-corrected chi connectivity index (χ3v) is 4.64. The van der Waals surface area contributed by atoms with Gasteiger partial charge in [-0.2, -0.15) is 0 Å². The number of carbonyl (C=O) groups excluding carboxylic acids is 2. The molecule has 1 aliphatic rings. The first-order valence-corrected chi connectivity index (χ1v) is 8.27. The van der Waals surface area contributed by atoms with E-state index >= 15 is 0 Å². The first kappa shape index (κ1) is 17.0. The van der Waals surface area contributed by atoms with E-state index < -0.39 is 17.6 Å². The maximum absolute atomic E-state index is 13.1. The molecule has 0 unspecified atom stereocenters. The van der Waals surface area contributed by atoms with Gasteiger partial charge in [0.15, 0.2) is 5.75 Å². The van der Waals surface area contributed by atoms with Crippen LogP contribution in [0.3, 0.4) is 0 Å². The maximum atomic E-state index is 13.1. The van der Waals surface area contributed by atoms with E-state index in [-0.39, 0.29) is 29.8 Å². The molecular weight excluding hydrogens is 351 g/mol. The minimum absolute atomic E-state index is 0.0137. The van der Waals surface area contributed by atoms with Crippen LogP contribution >= 0.6 is 0 Å². The van der Waals surface area contributed by atoms with E-state index in [4.69, 9.17) is 4.74 Å². The molecule has 1 N–H and O–H groups in total. The predicted octanol–water partition coefficient (Wildman–Crippen LogP) is 2.81. The Kier molecular flexibility index (Phi) is 3.99. The van der Waals surface area contributed by atoms with Gasteiger partial charge in [-0.05, 0) is 29.8 Å². The Bertz CT molecular complexity index is 1080. The number of imide groups is 1. The second-order valence-corrected chi connectivity index (χ2v) is 6.22. The van der Waals surface area contributed by atoms with Crippen molar-refractivity contribution < 1.29 is 23.8 Å². The first-order valence-electron chi connectivity index (χ1n) is 8.27. The molecule has 0 atom stereocenters. The normalized spacial score (nSPS) is 13.8. The van der Waals surface area contributed by atoms with Crippen molar-refractivity contribution >= 4 is 22.7 Å². The minimum Gasteiger partial charge on any atom is -0.505 e. The highest BCUT2D eigenvalue weighted by Gasteiger charge is 2.37. The largest absolute Gasteiger partial charge is 0.505 e. The summed E-state index contributed by atoms with van der Waals surface area (Å²) in [5.41, 5.74) is 1.20. The number of halogens is 1. The Morgan fingerprint density at radius 1 is 1.22 bits per heavy atom. The first-order chi connectivity index (χ1) is 13.0. The quantitative estimate of drug-likeness (QED) is 0.721. The molecule has 0 radical (unpaired) electrons. The molecule has 0 fully saturated rings. The molecule has 0 bridgehead atoms. The van der Waals surface area contributed by atoms with Gasteiger partial charge in [0.1, 0.15) is 17.1 Å². The summed E-state index contributed by atoms with van der Waals surface area (Å²) in [5.74, 6) is -1.37. The standard InChI is InChI=1S/C20H15FN2O4/c1-27-19-13-3-2-8-22-17(13)18(25)16-14(19)9-15(24)23(20(16)26)10-11-4-6-12(21)7-5-11/h2-8,25H,9-10H2,1H3. The molecule has 7 heteroatoms. The minimum atomic E-state index is -0.631. The Balaban J connectivity index is 1.84. The van der Waals surface area contributed by atoms with E-state index in [1.807, 2.05) is 0 Å². The molecule has 136 valence electrons. The summed E-state index contributed by atoms with van der Waals surface area (Å²) in [6.45, 7) is -0.0145. The lowest BCUT2D eigenvalue weighted by Gasteiger charge is -2.29. The number of aromatic nitrogens is 1. The molecule has 0 saturated heterocycles. The Morgan fingerprint density at radius 2 is 1.96 bits per heavy atom. The average molecular weight is 366 g/mol. The van der Waals surface area contributed by atoms with Crippen LogP contribution in [0, 0.1) is 5.82 Å². The number of aromatic hydroxyl groups is 1. The van der Waals surface area contributed by atoms with Crippen molar-refractivity contribution in [2.75, 3.05) is 7.11 Å². The third-order valence-electron chi connectivity index (χ3n) is 4.64. The Hall–Kier alpha value is -3.48. The van der Waals surface area contributed by atoms with Gasteiger partial charge in [0.25, 0.3) is 5.91 Å². The highest BCUT2D eigenvalue weighted by Crippen LogP contribution is 2.42. The smallest absolute Gasteiger partial charge is 0.265 e. The van der Waals surface area contributed by atoms with E-state index in [2.05, 4.69) is 4.98 Å². The summed E-state index contributed by atoms with van der Waals surface area (Å²) < 4.78 is 18.5. The van der Waals surface area contributed by atoms with Gasteiger partial charge in [-0.15, -0.1) is 0 Å². The number of hydrogen-bond acceptors (Lipinski definition) is 5. The molecule has 1 aromatic heterocycles. The van der Waals surface area contributed by atoms with Crippen LogP contribution in [0.2, 0.25) is 0 Å². The average Bonchev–Trinajstić information content (AvgIpc) is 2.67. The van der Waals surface area contributed by atoms with Gasteiger partial charge < -0.3 is 9.84 Å². The fourth-order valence-corrected chi connectivity index (χ4v) is 3.37. The molecule has 2 aromatic carbocycles. The number of amides is 2. The Labute approximate surface area is 153 Å². The molecule has 27 heavy (non-hydrogen) atoms. The van der Waals surface area contributed by atoms with Crippen molar-refractivity contribution in [1.29, 1.82) is 0 Å². The van der Waals surface area contributed by atoms with Crippen LogP contribution in [0.5, 0.6) is 11.5 Å². The molecule has 6 nitrogen and oxygen atoms in total. The fraction of sp³-hybridized carbons (Fsp3) is 0.150. The number of nitrogens with zero attached hydrogens (tertiary/aromatic N) is 2. The number of hydrogen-bond donors (Lipinski definition) is 1. The van der Waals surface area contributed by atoms with Gasteiger partial charge in [-0.25, -0.2) is 4.39 Å². The van der Waals surface area contributed by atoms with E-state index in [0.717, 1.165) is 4.90 Å². The van der Waals surface area contributed by atoms with Crippen LogP contribution in [-0.2, 0) is 17.8 Å². The topological polar surface area (TPSA) is 79.7 Å². The van der Waals surface area contributed by atoms with E-state index in [0.29, 0.717) is 22.3 Å². The summed E-state index contributed by atoms with van der Waals surface area (Å²) in [6.07, 6.45) is 1.41. The molecule has 1 aliphatic heterocycles. The lowest BCUT2D eigenvalue weighted by Crippen LogP contribution is -2.42. The van der Waals surface area contributed by atoms with Crippen molar-refractivity contribution in [2.24, 2.45) is 0 Å². The van der Waals surface area contributed by atoms with Crippen molar-refractivity contribution in [3.63, 3.8) is 0 Å². The summed E-state index contributed by atoms with van der Waals surface area (Å²) in [6, 6.07) is 8.94. The molecule has 0 aliphatic carbocycles. The number of methoxy groups -OCH3 is 1. The summed E-state index contributed by atoms with van der Waals surface area (Å²) >= 11 is 0. The highest BCUT2D eigenvalue weighted by molar-refractivity contribution is 6.15. The summed E-state index contributed by atoms with van der Waals surface area (Å²) in [5, 5.41) is 11.2.